The number of hydrogen-bond acceptors (Lipinski definition) is 5. The van der Waals surface area contributed by atoms with Crippen LogP contribution in [-0.2, 0) is 26.1 Å². The van der Waals surface area contributed by atoms with E-state index in [1.807, 2.05) is 36.7 Å². The Balaban J connectivity index is 1.51. The number of furan rings is 1. The number of imidazole rings is 1. The first-order valence-electron chi connectivity index (χ1n) is 10.2. The van der Waals surface area contributed by atoms with Crippen molar-refractivity contribution < 1.29 is 4.42 Å². The minimum Gasteiger partial charge on any atom is -0.472 e. The average molecular weight is 387 g/mol. The van der Waals surface area contributed by atoms with Crippen LogP contribution in [0.15, 0.2) is 59.5 Å². The minimum atomic E-state index is 0.244. The summed E-state index contributed by atoms with van der Waals surface area (Å²) < 4.78 is 5.45. The molecule has 1 aromatic carbocycles. The Morgan fingerprint density at radius 3 is 2.90 bits per heavy atom. The first-order chi connectivity index (χ1) is 14.3. The molecule has 1 aliphatic rings. The number of benzene rings is 1. The Hall–Kier alpha value is -2.96. The van der Waals surface area contributed by atoms with E-state index in [0.717, 1.165) is 53.8 Å². The van der Waals surface area contributed by atoms with Gasteiger partial charge in [0.15, 0.2) is 0 Å². The van der Waals surface area contributed by atoms with Crippen LogP contribution in [0.1, 0.15) is 47.1 Å². The zero-order valence-electron chi connectivity index (χ0n) is 16.3. The number of rotatable bonds is 6. The highest BCUT2D eigenvalue weighted by Crippen LogP contribution is 2.35. The van der Waals surface area contributed by atoms with Gasteiger partial charge < -0.3 is 15.1 Å². The average Bonchev–Trinajstić information content (AvgIpc) is 3.38. The molecule has 0 saturated heterocycles. The number of aromatic nitrogens is 3. The smallest absolute Gasteiger partial charge is 0.121 e. The molecule has 3 aromatic heterocycles. The Morgan fingerprint density at radius 1 is 1.10 bits per heavy atom. The molecule has 0 radical (unpaired) electrons. The number of nitrogens with two attached hydrogens (primary N) is 1. The number of fused-ring (bicyclic) bond motifs is 2. The van der Waals surface area contributed by atoms with E-state index >= 15 is 0 Å². The lowest BCUT2D eigenvalue weighted by Crippen LogP contribution is -2.32. The monoisotopic (exact) mass is 387 g/mol. The number of aromatic amines is 1. The fourth-order valence-corrected chi connectivity index (χ4v) is 4.38. The summed E-state index contributed by atoms with van der Waals surface area (Å²) in [5.74, 6) is 0.965. The first kappa shape index (κ1) is 18.1. The third-order valence-electron chi connectivity index (χ3n) is 5.82. The quantitative estimate of drug-likeness (QED) is 0.521. The number of nitrogens with one attached hydrogen (secondary N) is 1. The van der Waals surface area contributed by atoms with Crippen LogP contribution in [0.4, 0.5) is 0 Å². The first-order valence-corrected chi connectivity index (χ1v) is 10.2. The number of aryl methyl sites for hydroxylation is 1. The molecule has 1 aliphatic carbocycles. The van der Waals surface area contributed by atoms with Crippen molar-refractivity contribution in [2.75, 3.05) is 0 Å². The van der Waals surface area contributed by atoms with Crippen molar-refractivity contribution in [3.8, 4) is 0 Å². The van der Waals surface area contributed by atoms with Gasteiger partial charge in [-0.05, 0) is 43.0 Å². The van der Waals surface area contributed by atoms with Gasteiger partial charge in [-0.2, -0.15) is 0 Å². The molecule has 0 aliphatic heterocycles. The Morgan fingerprint density at radius 2 is 2.00 bits per heavy atom. The van der Waals surface area contributed by atoms with Crippen LogP contribution in [-0.4, -0.2) is 19.9 Å². The van der Waals surface area contributed by atoms with Gasteiger partial charge in [-0.15, -0.1) is 0 Å². The van der Waals surface area contributed by atoms with Crippen molar-refractivity contribution >= 4 is 11.0 Å². The summed E-state index contributed by atoms with van der Waals surface area (Å²) in [4.78, 5) is 15.5. The third kappa shape index (κ3) is 3.57. The van der Waals surface area contributed by atoms with Crippen molar-refractivity contribution in [3.05, 3.63) is 83.3 Å². The van der Waals surface area contributed by atoms with E-state index in [1.165, 1.54) is 11.3 Å². The minimum absolute atomic E-state index is 0.244. The summed E-state index contributed by atoms with van der Waals surface area (Å²) in [5.41, 5.74) is 12.7. The molecule has 4 aromatic rings. The standard InChI is InChI=1S/C23H25N5O/c24-11-17-14-29-15-18(17)12-28(13-22-26-19-7-1-2-8-20(19)27-22)21-9-3-5-16-6-4-10-25-23(16)21/h1-2,4,6-8,10,14-15,21H,3,5,9,11-13,24H2,(H,26,27). The van der Waals surface area contributed by atoms with Gasteiger partial charge in [0.05, 0.1) is 41.8 Å². The van der Waals surface area contributed by atoms with Crippen molar-refractivity contribution in [1.29, 1.82) is 0 Å². The van der Waals surface area contributed by atoms with E-state index in [9.17, 15) is 0 Å². The maximum absolute atomic E-state index is 5.92. The van der Waals surface area contributed by atoms with Gasteiger partial charge in [0.25, 0.3) is 0 Å². The van der Waals surface area contributed by atoms with Crippen LogP contribution in [0.2, 0.25) is 0 Å². The second-order valence-electron chi connectivity index (χ2n) is 7.69. The van der Waals surface area contributed by atoms with Crippen LogP contribution < -0.4 is 5.73 Å². The predicted molar refractivity (Wildman–Crippen MR) is 112 cm³/mol. The molecule has 0 fully saturated rings. The van der Waals surface area contributed by atoms with Gasteiger partial charge >= 0.3 is 0 Å². The molecule has 0 saturated carbocycles. The van der Waals surface area contributed by atoms with Crippen molar-refractivity contribution in [2.24, 2.45) is 5.73 Å². The lowest BCUT2D eigenvalue weighted by molar-refractivity contribution is 0.153. The summed E-state index contributed by atoms with van der Waals surface area (Å²) >= 11 is 0. The Bertz CT molecular complexity index is 1080. The molecule has 3 N–H and O–H groups in total. The van der Waals surface area contributed by atoms with Crippen LogP contribution in [0.3, 0.4) is 0 Å². The van der Waals surface area contributed by atoms with Gasteiger partial charge in [-0.1, -0.05) is 18.2 Å². The fourth-order valence-electron chi connectivity index (χ4n) is 4.38. The van der Waals surface area contributed by atoms with E-state index in [-0.39, 0.29) is 6.04 Å². The number of hydrogen-bond donors (Lipinski definition) is 2. The number of pyridine rings is 1. The SMILES string of the molecule is NCc1cocc1CN(Cc1nc2ccccc2[nH]1)C1CCCc2cccnc21. The van der Waals surface area contributed by atoms with Gasteiger partial charge in [0.1, 0.15) is 5.82 Å². The zero-order chi connectivity index (χ0) is 19.6. The van der Waals surface area contributed by atoms with Crippen molar-refractivity contribution in [1.82, 2.24) is 19.9 Å². The van der Waals surface area contributed by atoms with E-state index < -0.39 is 0 Å². The highest BCUT2D eigenvalue weighted by molar-refractivity contribution is 5.74. The van der Waals surface area contributed by atoms with Crippen molar-refractivity contribution in [3.63, 3.8) is 0 Å². The number of H-pyrrole nitrogens is 1. The lowest BCUT2D eigenvalue weighted by atomic mass is 9.90. The maximum Gasteiger partial charge on any atom is 0.121 e. The molecule has 5 rings (SSSR count). The highest BCUT2D eigenvalue weighted by atomic mass is 16.3. The summed E-state index contributed by atoms with van der Waals surface area (Å²) in [6, 6.07) is 12.6. The second-order valence-corrected chi connectivity index (χ2v) is 7.69. The van der Waals surface area contributed by atoms with Gasteiger partial charge in [-0.3, -0.25) is 9.88 Å². The van der Waals surface area contributed by atoms with E-state index in [0.29, 0.717) is 13.1 Å². The summed E-state index contributed by atoms with van der Waals surface area (Å²) in [6.07, 6.45) is 8.81. The molecule has 0 bridgehead atoms. The molecule has 0 amide bonds. The molecule has 0 spiro atoms. The summed E-state index contributed by atoms with van der Waals surface area (Å²) in [5, 5.41) is 0. The Labute approximate surface area is 169 Å². The largest absolute Gasteiger partial charge is 0.472 e. The zero-order valence-corrected chi connectivity index (χ0v) is 16.3. The van der Waals surface area contributed by atoms with Gasteiger partial charge in [0, 0.05) is 30.4 Å². The topological polar surface area (TPSA) is 84.0 Å². The van der Waals surface area contributed by atoms with Crippen LogP contribution in [0.5, 0.6) is 0 Å². The molecule has 29 heavy (non-hydrogen) atoms. The second kappa shape index (κ2) is 7.81. The summed E-state index contributed by atoms with van der Waals surface area (Å²) in [7, 11) is 0. The van der Waals surface area contributed by atoms with E-state index in [2.05, 4.69) is 22.0 Å². The molecular weight excluding hydrogens is 362 g/mol. The van der Waals surface area contributed by atoms with E-state index in [4.69, 9.17) is 20.1 Å². The van der Waals surface area contributed by atoms with E-state index in [1.54, 1.807) is 6.26 Å². The van der Waals surface area contributed by atoms with Crippen LogP contribution >= 0.6 is 0 Å². The van der Waals surface area contributed by atoms with Crippen molar-refractivity contribution in [2.45, 2.75) is 44.9 Å². The Kier molecular flexibility index (Phi) is 4.87. The fraction of sp³-hybridized carbons (Fsp3) is 0.304. The predicted octanol–water partition coefficient (Wildman–Crippen LogP) is 4.09. The molecular formula is C23H25N5O. The van der Waals surface area contributed by atoms with Gasteiger partial charge in [0.2, 0.25) is 0 Å². The molecule has 1 atom stereocenters. The molecule has 6 nitrogen and oxygen atoms in total. The number of nitrogens with zero attached hydrogens (tertiary/aromatic N) is 3. The van der Waals surface area contributed by atoms with Crippen LogP contribution in [0, 0.1) is 0 Å². The highest BCUT2D eigenvalue weighted by Gasteiger charge is 2.28. The summed E-state index contributed by atoms with van der Waals surface area (Å²) in [6.45, 7) is 1.94. The van der Waals surface area contributed by atoms with Crippen LogP contribution in [0.25, 0.3) is 11.0 Å². The molecule has 3 heterocycles. The third-order valence-corrected chi connectivity index (χ3v) is 5.82. The molecule has 6 heteroatoms. The number of para-hydroxylation sites is 2. The maximum atomic E-state index is 5.92. The molecule has 1 unspecified atom stereocenters. The lowest BCUT2D eigenvalue weighted by Gasteiger charge is -2.34. The molecule has 148 valence electrons. The normalized spacial score (nSPS) is 16.4. The van der Waals surface area contributed by atoms with Gasteiger partial charge in [-0.25, -0.2) is 4.98 Å².